The first-order chi connectivity index (χ1) is 9.79. The molecule has 21 heavy (non-hydrogen) atoms. The van der Waals surface area contributed by atoms with E-state index in [0.717, 1.165) is 24.3 Å². The number of halogens is 2. The van der Waals surface area contributed by atoms with Gasteiger partial charge in [-0.15, -0.1) is 0 Å². The Hall–Kier alpha value is -1.71. The fourth-order valence-electron chi connectivity index (χ4n) is 1.44. The normalized spacial score (nSPS) is 11.1. The zero-order valence-corrected chi connectivity index (χ0v) is 13.3. The summed E-state index contributed by atoms with van der Waals surface area (Å²) in [6.07, 6.45) is 1.26. The van der Waals surface area contributed by atoms with Crippen molar-refractivity contribution in [1.29, 1.82) is 0 Å². The van der Waals surface area contributed by atoms with E-state index in [1.807, 2.05) is 0 Å². The van der Waals surface area contributed by atoms with Gasteiger partial charge in [-0.1, -0.05) is 11.6 Å². The molecule has 7 nitrogen and oxygen atoms in total. The number of benzene rings is 1. The number of pyridine rings is 1. The van der Waals surface area contributed by atoms with Crippen molar-refractivity contribution in [3.63, 3.8) is 0 Å². The van der Waals surface area contributed by atoms with Crippen LogP contribution >= 0.6 is 27.5 Å². The molecule has 1 aromatic heterocycles. The Labute approximate surface area is 133 Å². The fourth-order valence-corrected chi connectivity index (χ4v) is 2.92. The lowest BCUT2D eigenvalue weighted by atomic mass is 10.3. The number of nitro benzene ring substituents is 1. The van der Waals surface area contributed by atoms with Crippen LogP contribution in [-0.2, 0) is 10.0 Å². The molecule has 0 amide bonds. The quantitative estimate of drug-likeness (QED) is 0.489. The minimum atomic E-state index is -3.86. The molecule has 0 radical (unpaired) electrons. The number of sulfonamides is 1. The Balaban J connectivity index is 2.29. The largest absolute Gasteiger partial charge is 0.278 e. The van der Waals surface area contributed by atoms with Crippen molar-refractivity contribution >= 4 is 48.9 Å². The van der Waals surface area contributed by atoms with Gasteiger partial charge in [0, 0.05) is 12.1 Å². The highest BCUT2D eigenvalue weighted by atomic mass is 79.9. The fraction of sp³-hybridized carbons (Fsp3) is 0. The number of nitrogens with one attached hydrogen (secondary N) is 1. The summed E-state index contributed by atoms with van der Waals surface area (Å²) < 4.78 is 27.0. The monoisotopic (exact) mass is 391 g/mol. The molecule has 1 heterocycles. The van der Waals surface area contributed by atoms with Crippen molar-refractivity contribution < 1.29 is 13.3 Å². The van der Waals surface area contributed by atoms with Crippen LogP contribution in [0.1, 0.15) is 0 Å². The van der Waals surface area contributed by atoms with E-state index in [4.69, 9.17) is 11.6 Å². The molecule has 0 aliphatic carbocycles. The highest BCUT2D eigenvalue weighted by Gasteiger charge is 2.16. The number of non-ortho nitro benzene ring substituents is 1. The number of hydrogen-bond donors (Lipinski definition) is 1. The lowest BCUT2D eigenvalue weighted by Crippen LogP contribution is -2.13. The standard InChI is InChI=1S/C11H7BrClN3O4S/c12-10-5-7(6-14-11(10)13)15-21(19,20)9-3-1-8(2-4-9)16(17)18/h1-6,15H. The smallest absolute Gasteiger partial charge is 0.269 e. The second kappa shape index (κ2) is 5.96. The first kappa shape index (κ1) is 15.7. The van der Waals surface area contributed by atoms with Gasteiger partial charge >= 0.3 is 0 Å². The van der Waals surface area contributed by atoms with Crippen LogP contribution in [0.15, 0.2) is 45.9 Å². The Morgan fingerprint density at radius 1 is 1.29 bits per heavy atom. The van der Waals surface area contributed by atoms with Crippen LogP contribution in [-0.4, -0.2) is 18.3 Å². The van der Waals surface area contributed by atoms with Crippen LogP contribution in [0.25, 0.3) is 0 Å². The van der Waals surface area contributed by atoms with Gasteiger partial charge in [-0.05, 0) is 34.1 Å². The third-order valence-electron chi connectivity index (χ3n) is 2.41. The maximum Gasteiger partial charge on any atom is 0.269 e. The van der Waals surface area contributed by atoms with Crippen LogP contribution in [0, 0.1) is 10.1 Å². The number of aromatic nitrogens is 1. The molecule has 0 atom stereocenters. The Kier molecular flexibility index (Phi) is 4.45. The Bertz CT molecular complexity index is 796. The summed E-state index contributed by atoms with van der Waals surface area (Å²) in [5.41, 5.74) is 0.0227. The molecule has 0 saturated carbocycles. The minimum absolute atomic E-state index is 0.0980. The van der Waals surface area contributed by atoms with Crippen molar-refractivity contribution in [2.45, 2.75) is 4.90 Å². The van der Waals surface area contributed by atoms with Gasteiger partial charge in [-0.2, -0.15) is 0 Å². The zero-order valence-electron chi connectivity index (χ0n) is 10.2. The minimum Gasteiger partial charge on any atom is -0.278 e. The summed E-state index contributed by atoms with van der Waals surface area (Å²) in [7, 11) is -3.86. The molecule has 0 fully saturated rings. The highest BCUT2D eigenvalue weighted by Crippen LogP contribution is 2.25. The molecule has 2 aromatic rings. The third kappa shape index (κ3) is 3.69. The topological polar surface area (TPSA) is 102 Å². The molecule has 1 N–H and O–H groups in total. The third-order valence-corrected chi connectivity index (χ3v) is 4.94. The summed E-state index contributed by atoms with van der Waals surface area (Å²) in [5.74, 6) is 0. The van der Waals surface area contributed by atoms with Gasteiger partial charge < -0.3 is 0 Å². The molecular weight excluding hydrogens is 386 g/mol. The number of hydrogen-bond acceptors (Lipinski definition) is 5. The van der Waals surface area contributed by atoms with Crippen LogP contribution in [0.2, 0.25) is 5.15 Å². The van der Waals surface area contributed by atoms with Crippen LogP contribution in [0.4, 0.5) is 11.4 Å². The molecular formula is C11H7BrClN3O4S. The Morgan fingerprint density at radius 3 is 2.43 bits per heavy atom. The van der Waals surface area contributed by atoms with E-state index in [1.165, 1.54) is 12.3 Å². The van der Waals surface area contributed by atoms with Gasteiger partial charge in [0.05, 0.1) is 26.2 Å². The average molecular weight is 393 g/mol. The lowest BCUT2D eigenvalue weighted by Gasteiger charge is -2.08. The molecule has 10 heteroatoms. The summed E-state index contributed by atoms with van der Waals surface area (Å²) >= 11 is 8.85. The van der Waals surface area contributed by atoms with Gasteiger partial charge in [-0.3, -0.25) is 14.8 Å². The summed E-state index contributed by atoms with van der Waals surface area (Å²) in [6, 6.07) is 5.99. The zero-order chi connectivity index (χ0) is 15.6. The van der Waals surface area contributed by atoms with Gasteiger partial charge in [0.2, 0.25) is 0 Å². The van der Waals surface area contributed by atoms with Gasteiger partial charge in [0.1, 0.15) is 5.15 Å². The Morgan fingerprint density at radius 2 is 1.90 bits per heavy atom. The van der Waals surface area contributed by atoms with Gasteiger partial charge in [-0.25, -0.2) is 13.4 Å². The summed E-state index contributed by atoms with van der Waals surface area (Å²) in [6.45, 7) is 0. The first-order valence-corrected chi connectivity index (χ1v) is 8.03. The molecule has 110 valence electrons. The van der Waals surface area contributed by atoms with E-state index >= 15 is 0 Å². The number of rotatable bonds is 4. The lowest BCUT2D eigenvalue weighted by molar-refractivity contribution is -0.384. The maximum absolute atomic E-state index is 12.1. The number of nitrogens with zero attached hydrogens (tertiary/aromatic N) is 2. The molecule has 1 aromatic carbocycles. The first-order valence-electron chi connectivity index (χ1n) is 5.38. The van der Waals surface area contributed by atoms with Gasteiger partial charge in [0.25, 0.3) is 15.7 Å². The second-order valence-electron chi connectivity index (χ2n) is 3.85. The second-order valence-corrected chi connectivity index (χ2v) is 6.75. The molecule has 2 rings (SSSR count). The van der Waals surface area contributed by atoms with Crippen molar-refractivity contribution in [2.75, 3.05) is 4.72 Å². The van der Waals surface area contributed by atoms with E-state index in [-0.39, 0.29) is 21.4 Å². The van der Waals surface area contributed by atoms with Crippen molar-refractivity contribution in [3.05, 3.63) is 56.3 Å². The predicted octanol–water partition coefficient (Wildman–Crippen LogP) is 3.21. The summed E-state index contributed by atoms with van der Waals surface area (Å²) in [5, 5.41) is 10.7. The molecule has 0 saturated heterocycles. The number of anilines is 1. The molecule has 0 aliphatic rings. The molecule has 0 unspecified atom stereocenters. The van der Waals surface area contributed by atoms with Crippen LogP contribution < -0.4 is 4.72 Å². The number of nitro groups is 1. The van der Waals surface area contributed by atoms with E-state index in [2.05, 4.69) is 25.6 Å². The SMILES string of the molecule is O=[N+]([O-])c1ccc(S(=O)(=O)Nc2cnc(Cl)c(Br)c2)cc1. The highest BCUT2D eigenvalue weighted by molar-refractivity contribution is 9.10. The van der Waals surface area contributed by atoms with Crippen LogP contribution in [0.5, 0.6) is 0 Å². The van der Waals surface area contributed by atoms with E-state index < -0.39 is 14.9 Å². The van der Waals surface area contributed by atoms with Crippen molar-refractivity contribution in [3.8, 4) is 0 Å². The molecule has 0 spiro atoms. The molecule has 0 aliphatic heterocycles. The van der Waals surface area contributed by atoms with E-state index in [0.29, 0.717) is 4.47 Å². The predicted molar refractivity (Wildman–Crippen MR) is 80.9 cm³/mol. The molecule has 0 bridgehead atoms. The van der Waals surface area contributed by atoms with Crippen LogP contribution in [0.3, 0.4) is 0 Å². The average Bonchev–Trinajstić information content (AvgIpc) is 2.43. The van der Waals surface area contributed by atoms with Crippen molar-refractivity contribution in [1.82, 2.24) is 4.98 Å². The van der Waals surface area contributed by atoms with Crippen molar-refractivity contribution in [2.24, 2.45) is 0 Å². The summed E-state index contributed by atoms with van der Waals surface area (Å²) in [4.78, 5) is 13.6. The maximum atomic E-state index is 12.1. The van der Waals surface area contributed by atoms with E-state index in [1.54, 1.807) is 0 Å². The van der Waals surface area contributed by atoms with Gasteiger partial charge in [0.15, 0.2) is 0 Å². The van der Waals surface area contributed by atoms with E-state index in [9.17, 15) is 18.5 Å².